The molecule has 1 saturated heterocycles. The monoisotopic (exact) mass is 485 g/mol. The lowest BCUT2D eigenvalue weighted by Crippen LogP contribution is -2.46. The normalized spacial score (nSPS) is 21.2. The van der Waals surface area contributed by atoms with Crippen molar-refractivity contribution in [3.8, 4) is 11.8 Å². The van der Waals surface area contributed by atoms with Crippen molar-refractivity contribution < 1.29 is 9.53 Å². The largest absolute Gasteiger partial charge is 0.497 e. The van der Waals surface area contributed by atoms with Crippen molar-refractivity contribution in [2.75, 3.05) is 25.2 Å². The lowest BCUT2D eigenvalue weighted by atomic mass is 9.90. The van der Waals surface area contributed by atoms with E-state index < -0.39 is 12.0 Å². The first-order chi connectivity index (χ1) is 16.0. The van der Waals surface area contributed by atoms with Gasteiger partial charge in [-0.3, -0.25) is 15.2 Å². The number of carbonyl (C=O) groups is 1. The molecule has 0 unspecified atom stereocenters. The minimum atomic E-state index is -0.794. The molecule has 1 amide bonds. The summed E-state index contributed by atoms with van der Waals surface area (Å²) in [5.74, 6) is -0.465. The van der Waals surface area contributed by atoms with Gasteiger partial charge in [0.2, 0.25) is 0 Å². The minimum Gasteiger partial charge on any atom is -0.497 e. The Hall–Kier alpha value is -2.79. The highest BCUT2D eigenvalue weighted by molar-refractivity contribution is 6.41. The molecule has 2 heterocycles. The molecule has 1 N–H and O–H groups in total. The first-order valence-corrected chi connectivity index (χ1v) is 11.7. The number of carbonyl (C=O) groups excluding carboxylic acids is 1. The maximum absolute atomic E-state index is 13.3. The summed E-state index contributed by atoms with van der Waals surface area (Å²) in [6.45, 7) is 1.57. The number of ether oxygens (including phenoxy) is 1. The van der Waals surface area contributed by atoms with Crippen molar-refractivity contribution >= 4 is 40.5 Å². The van der Waals surface area contributed by atoms with E-state index in [1.165, 1.54) is 0 Å². The van der Waals surface area contributed by atoms with E-state index in [1.807, 2.05) is 29.3 Å². The lowest BCUT2D eigenvalue weighted by molar-refractivity contribution is -0.119. The highest BCUT2D eigenvalue weighted by Gasteiger charge is 2.43. The van der Waals surface area contributed by atoms with Gasteiger partial charge in [-0.05, 0) is 48.7 Å². The van der Waals surface area contributed by atoms with Crippen molar-refractivity contribution in [3.63, 3.8) is 0 Å². The zero-order chi connectivity index (χ0) is 23.4. The number of rotatable bonds is 5. The fraction of sp³-hybridized carbons (Fsp3) is 0.375. The summed E-state index contributed by atoms with van der Waals surface area (Å²) in [7, 11) is 1.59. The highest BCUT2D eigenvalue weighted by Crippen LogP contribution is 2.42. The molecule has 0 spiro atoms. The van der Waals surface area contributed by atoms with Crippen LogP contribution in [-0.2, 0) is 4.79 Å². The van der Waals surface area contributed by atoms with Crippen molar-refractivity contribution in [3.05, 3.63) is 58.1 Å². The van der Waals surface area contributed by atoms with E-state index in [0.29, 0.717) is 21.5 Å². The molecular weight excluding hydrogens is 461 g/mol. The number of hydrogen-bond acceptors (Lipinski definition) is 6. The van der Waals surface area contributed by atoms with Crippen LogP contribution in [0.15, 0.2) is 47.6 Å². The van der Waals surface area contributed by atoms with Gasteiger partial charge < -0.3 is 4.74 Å². The standard InChI is InChI=1S/C24H25Cl2N5O2/c1-33-18-9-6-16(7-10-18)23-19(15-27)22(24(32)29-30-12-4-2-3-5-13-30)28-31(23)21-11-8-17(25)14-20(21)26/h6-11,14,19,23H,2-5,12-13H2,1H3,(H,29,32)/t19-,23-/m0/s1. The number of nitrogens with one attached hydrogen (secondary N) is 1. The Morgan fingerprint density at radius 2 is 1.82 bits per heavy atom. The molecule has 0 saturated carbocycles. The van der Waals surface area contributed by atoms with Crippen LogP contribution in [0.25, 0.3) is 0 Å². The number of hydrazine groups is 1. The number of hydrogen-bond donors (Lipinski definition) is 1. The molecule has 4 rings (SSSR count). The summed E-state index contributed by atoms with van der Waals surface area (Å²) in [4.78, 5) is 13.3. The Labute approximate surface area is 203 Å². The Kier molecular flexibility index (Phi) is 7.39. The zero-order valence-electron chi connectivity index (χ0n) is 18.3. The predicted octanol–water partition coefficient (Wildman–Crippen LogP) is 4.97. The summed E-state index contributed by atoms with van der Waals surface area (Å²) < 4.78 is 5.27. The van der Waals surface area contributed by atoms with Crippen molar-refractivity contribution in [2.45, 2.75) is 31.7 Å². The molecule has 2 aliphatic heterocycles. The van der Waals surface area contributed by atoms with Gasteiger partial charge in [0.25, 0.3) is 5.91 Å². The molecule has 172 valence electrons. The molecule has 1 fully saturated rings. The van der Waals surface area contributed by atoms with Crippen LogP contribution < -0.4 is 15.2 Å². The fourth-order valence-corrected chi connectivity index (χ4v) is 4.73. The second kappa shape index (κ2) is 10.4. The Balaban J connectivity index is 1.71. The van der Waals surface area contributed by atoms with Gasteiger partial charge in [0.15, 0.2) is 0 Å². The number of halogens is 2. The van der Waals surface area contributed by atoms with Gasteiger partial charge in [0.05, 0.1) is 29.9 Å². The molecular formula is C24H25Cl2N5O2. The second-order valence-electron chi connectivity index (χ2n) is 8.09. The van der Waals surface area contributed by atoms with Crippen LogP contribution in [0.2, 0.25) is 10.0 Å². The molecule has 0 bridgehead atoms. The molecule has 2 aliphatic rings. The van der Waals surface area contributed by atoms with Crippen LogP contribution in [-0.4, -0.2) is 36.8 Å². The smallest absolute Gasteiger partial charge is 0.283 e. The second-order valence-corrected chi connectivity index (χ2v) is 8.94. The number of anilines is 1. The SMILES string of the molecule is COc1ccc([C@H]2[C@@H](C#N)C(C(=O)NN3CCCCCC3)=NN2c2ccc(Cl)cc2Cl)cc1. The number of nitriles is 1. The summed E-state index contributed by atoms with van der Waals surface area (Å²) >= 11 is 12.6. The molecule has 0 aromatic heterocycles. The fourth-order valence-electron chi connectivity index (χ4n) is 4.24. The molecule has 7 nitrogen and oxygen atoms in total. The van der Waals surface area contributed by atoms with E-state index in [0.717, 1.165) is 44.3 Å². The first kappa shape index (κ1) is 23.4. The number of nitrogens with zero attached hydrogens (tertiary/aromatic N) is 4. The zero-order valence-corrected chi connectivity index (χ0v) is 19.8. The van der Waals surface area contributed by atoms with Gasteiger partial charge in [0.1, 0.15) is 17.4 Å². The maximum Gasteiger partial charge on any atom is 0.283 e. The third-order valence-corrected chi connectivity index (χ3v) is 6.48. The number of methoxy groups -OCH3 is 1. The van der Waals surface area contributed by atoms with Crippen LogP contribution in [0.5, 0.6) is 5.75 Å². The van der Waals surface area contributed by atoms with Crippen molar-refractivity contribution in [2.24, 2.45) is 11.0 Å². The third-order valence-electron chi connectivity index (χ3n) is 5.94. The van der Waals surface area contributed by atoms with E-state index in [9.17, 15) is 10.1 Å². The lowest BCUT2D eigenvalue weighted by Gasteiger charge is -2.26. The van der Waals surface area contributed by atoms with E-state index >= 15 is 0 Å². The Morgan fingerprint density at radius 1 is 1.12 bits per heavy atom. The number of benzene rings is 2. The number of hydrazone groups is 1. The van der Waals surface area contributed by atoms with Gasteiger partial charge in [-0.2, -0.15) is 10.4 Å². The van der Waals surface area contributed by atoms with Crippen LogP contribution in [0.3, 0.4) is 0 Å². The van der Waals surface area contributed by atoms with Crippen LogP contribution >= 0.6 is 23.2 Å². The third kappa shape index (κ3) is 5.09. The van der Waals surface area contributed by atoms with E-state index in [1.54, 1.807) is 30.3 Å². The molecule has 2 aromatic carbocycles. The Morgan fingerprint density at radius 3 is 2.42 bits per heavy atom. The maximum atomic E-state index is 13.3. The molecule has 0 aliphatic carbocycles. The van der Waals surface area contributed by atoms with Gasteiger partial charge in [-0.15, -0.1) is 0 Å². The summed E-state index contributed by atoms with van der Waals surface area (Å²) in [6, 6.07) is 14.2. The minimum absolute atomic E-state index is 0.161. The van der Waals surface area contributed by atoms with Crippen LogP contribution in [0, 0.1) is 17.2 Å². The van der Waals surface area contributed by atoms with Gasteiger partial charge in [0, 0.05) is 18.1 Å². The molecule has 2 aromatic rings. The molecule has 0 radical (unpaired) electrons. The summed E-state index contributed by atoms with van der Waals surface area (Å²) in [5.41, 5.74) is 4.51. The van der Waals surface area contributed by atoms with Crippen molar-refractivity contribution in [1.29, 1.82) is 5.26 Å². The average Bonchev–Trinajstić information content (AvgIpc) is 3.01. The predicted molar refractivity (Wildman–Crippen MR) is 129 cm³/mol. The van der Waals surface area contributed by atoms with Gasteiger partial charge in [-0.25, -0.2) is 5.01 Å². The molecule has 2 atom stereocenters. The average molecular weight is 486 g/mol. The summed E-state index contributed by atoms with van der Waals surface area (Å²) in [5, 5.41) is 19.2. The van der Waals surface area contributed by atoms with E-state index in [2.05, 4.69) is 16.6 Å². The topological polar surface area (TPSA) is 81.0 Å². The van der Waals surface area contributed by atoms with Crippen LogP contribution in [0.1, 0.15) is 37.3 Å². The van der Waals surface area contributed by atoms with E-state index in [-0.39, 0.29) is 11.6 Å². The van der Waals surface area contributed by atoms with Crippen molar-refractivity contribution in [1.82, 2.24) is 10.4 Å². The number of amides is 1. The summed E-state index contributed by atoms with van der Waals surface area (Å²) in [6.07, 6.45) is 4.35. The molecule has 9 heteroatoms. The van der Waals surface area contributed by atoms with Gasteiger partial charge >= 0.3 is 0 Å². The Bertz CT molecular complexity index is 1080. The first-order valence-electron chi connectivity index (χ1n) is 10.9. The van der Waals surface area contributed by atoms with Gasteiger partial charge in [-0.1, -0.05) is 48.2 Å². The highest BCUT2D eigenvalue weighted by atomic mass is 35.5. The van der Waals surface area contributed by atoms with Crippen LogP contribution in [0.4, 0.5) is 5.69 Å². The van der Waals surface area contributed by atoms with E-state index in [4.69, 9.17) is 27.9 Å². The molecule has 33 heavy (non-hydrogen) atoms. The quantitative estimate of drug-likeness (QED) is 0.646.